The molecule has 1 aromatic rings. The Morgan fingerprint density at radius 2 is 2.14 bits per heavy atom. The molecule has 0 saturated heterocycles. The summed E-state index contributed by atoms with van der Waals surface area (Å²) in [4.78, 5) is 16.7. The predicted molar refractivity (Wildman–Crippen MR) is 85.9 cm³/mol. The van der Waals surface area contributed by atoms with E-state index >= 15 is 0 Å². The molecule has 0 aliphatic heterocycles. The number of nitrogens with zero attached hydrogens (tertiary/aromatic N) is 1. The molecule has 1 aliphatic carbocycles. The normalized spacial score (nSPS) is 24.0. The molecular formula is C18H26N2O. The molecule has 0 bridgehead atoms. The number of pyridine rings is 1. The summed E-state index contributed by atoms with van der Waals surface area (Å²) >= 11 is 0. The highest BCUT2D eigenvalue weighted by molar-refractivity contribution is 5.83. The van der Waals surface area contributed by atoms with Gasteiger partial charge in [0, 0.05) is 24.4 Å². The molecule has 114 valence electrons. The highest BCUT2D eigenvalue weighted by Gasteiger charge is 2.60. The Kier molecular flexibility index (Phi) is 4.50. The van der Waals surface area contributed by atoms with Gasteiger partial charge in [0.25, 0.3) is 0 Å². The Bertz CT molecular complexity index is 529. The SMILES string of the molecule is CC(C)=CC1C(C(=O)NCC(C)c2ccccn2)C1(C)C. The van der Waals surface area contributed by atoms with Gasteiger partial charge in [0.05, 0.1) is 5.92 Å². The molecule has 1 saturated carbocycles. The number of hydrogen-bond donors (Lipinski definition) is 1. The summed E-state index contributed by atoms with van der Waals surface area (Å²) in [6, 6.07) is 5.89. The maximum atomic E-state index is 12.4. The molecule has 3 unspecified atom stereocenters. The minimum Gasteiger partial charge on any atom is -0.355 e. The second kappa shape index (κ2) is 6.00. The fourth-order valence-corrected chi connectivity index (χ4v) is 2.98. The van der Waals surface area contributed by atoms with Crippen LogP contribution in [0.25, 0.3) is 0 Å². The Morgan fingerprint density at radius 3 is 2.71 bits per heavy atom. The first kappa shape index (κ1) is 15.7. The van der Waals surface area contributed by atoms with Crippen LogP contribution in [0.2, 0.25) is 0 Å². The van der Waals surface area contributed by atoms with Crippen LogP contribution in [0.1, 0.15) is 46.2 Å². The molecule has 1 fully saturated rings. The summed E-state index contributed by atoms with van der Waals surface area (Å²) in [5.74, 6) is 0.875. The predicted octanol–water partition coefficient (Wildman–Crippen LogP) is 3.54. The largest absolute Gasteiger partial charge is 0.355 e. The van der Waals surface area contributed by atoms with Gasteiger partial charge >= 0.3 is 0 Å². The molecule has 1 heterocycles. The van der Waals surface area contributed by atoms with Crippen molar-refractivity contribution in [2.24, 2.45) is 17.3 Å². The van der Waals surface area contributed by atoms with Crippen molar-refractivity contribution in [2.75, 3.05) is 6.54 Å². The van der Waals surface area contributed by atoms with Gasteiger partial charge in [0.1, 0.15) is 0 Å². The summed E-state index contributed by atoms with van der Waals surface area (Å²) in [6.45, 7) is 11.3. The second-order valence-electron chi connectivity index (χ2n) is 6.97. The summed E-state index contributed by atoms with van der Waals surface area (Å²) < 4.78 is 0. The number of nitrogens with one attached hydrogen (secondary N) is 1. The van der Waals surface area contributed by atoms with E-state index in [9.17, 15) is 4.79 Å². The van der Waals surface area contributed by atoms with Crippen LogP contribution >= 0.6 is 0 Å². The molecule has 3 heteroatoms. The van der Waals surface area contributed by atoms with E-state index < -0.39 is 0 Å². The van der Waals surface area contributed by atoms with Crippen molar-refractivity contribution in [3.05, 3.63) is 41.7 Å². The molecule has 1 aliphatic rings. The zero-order chi connectivity index (χ0) is 15.6. The van der Waals surface area contributed by atoms with Gasteiger partial charge in [-0.3, -0.25) is 9.78 Å². The third-order valence-electron chi connectivity index (χ3n) is 4.48. The van der Waals surface area contributed by atoms with E-state index in [1.807, 2.05) is 18.2 Å². The van der Waals surface area contributed by atoms with Gasteiger partial charge in [0.2, 0.25) is 5.91 Å². The molecule has 1 aromatic heterocycles. The van der Waals surface area contributed by atoms with Gasteiger partial charge in [-0.25, -0.2) is 0 Å². The highest BCUT2D eigenvalue weighted by atomic mass is 16.2. The minimum atomic E-state index is 0.0790. The summed E-state index contributed by atoms with van der Waals surface area (Å²) in [5, 5.41) is 3.09. The average molecular weight is 286 g/mol. The van der Waals surface area contributed by atoms with Crippen LogP contribution in [0.15, 0.2) is 36.0 Å². The summed E-state index contributed by atoms with van der Waals surface area (Å²) in [6.07, 6.45) is 4.02. The summed E-state index contributed by atoms with van der Waals surface area (Å²) in [7, 11) is 0. The van der Waals surface area contributed by atoms with Gasteiger partial charge in [-0.15, -0.1) is 0 Å². The lowest BCUT2D eigenvalue weighted by molar-refractivity contribution is -0.123. The molecule has 3 atom stereocenters. The smallest absolute Gasteiger partial charge is 0.224 e. The number of rotatable bonds is 5. The van der Waals surface area contributed by atoms with E-state index in [2.05, 4.69) is 51.0 Å². The van der Waals surface area contributed by atoms with Crippen molar-refractivity contribution in [3.8, 4) is 0 Å². The zero-order valence-electron chi connectivity index (χ0n) is 13.7. The van der Waals surface area contributed by atoms with Crippen molar-refractivity contribution < 1.29 is 4.79 Å². The fourth-order valence-electron chi connectivity index (χ4n) is 2.98. The third-order valence-corrected chi connectivity index (χ3v) is 4.48. The molecule has 2 rings (SSSR count). The quantitative estimate of drug-likeness (QED) is 0.841. The van der Waals surface area contributed by atoms with Gasteiger partial charge in [-0.1, -0.05) is 38.5 Å². The number of allylic oxidation sites excluding steroid dienone is 2. The van der Waals surface area contributed by atoms with Gasteiger partial charge in [0.15, 0.2) is 0 Å². The first-order chi connectivity index (χ1) is 9.84. The van der Waals surface area contributed by atoms with Crippen molar-refractivity contribution >= 4 is 5.91 Å². The fraction of sp³-hybridized carbons (Fsp3) is 0.556. The maximum Gasteiger partial charge on any atom is 0.224 e. The molecule has 0 aromatic carbocycles. The Balaban J connectivity index is 1.90. The van der Waals surface area contributed by atoms with Crippen molar-refractivity contribution in [1.29, 1.82) is 0 Å². The van der Waals surface area contributed by atoms with Crippen LogP contribution in [0.3, 0.4) is 0 Å². The van der Waals surface area contributed by atoms with Crippen molar-refractivity contribution in [2.45, 2.75) is 40.5 Å². The molecule has 1 N–H and O–H groups in total. The van der Waals surface area contributed by atoms with E-state index in [1.165, 1.54) is 5.57 Å². The summed E-state index contributed by atoms with van der Waals surface area (Å²) in [5.41, 5.74) is 2.38. The maximum absolute atomic E-state index is 12.4. The third kappa shape index (κ3) is 3.52. The average Bonchev–Trinajstić information content (AvgIpc) is 2.97. The van der Waals surface area contributed by atoms with Gasteiger partial charge in [-0.2, -0.15) is 0 Å². The van der Waals surface area contributed by atoms with E-state index in [0.717, 1.165) is 5.69 Å². The number of hydrogen-bond acceptors (Lipinski definition) is 2. The first-order valence-corrected chi connectivity index (χ1v) is 7.67. The van der Waals surface area contributed by atoms with Gasteiger partial charge < -0.3 is 5.32 Å². The molecule has 21 heavy (non-hydrogen) atoms. The Hall–Kier alpha value is -1.64. The van der Waals surface area contributed by atoms with Gasteiger partial charge in [-0.05, 0) is 37.3 Å². The topological polar surface area (TPSA) is 42.0 Å². The number of carbonyl (C=O) groups excluding carboxylic acids is 1. The standard InChI is InChI=1S/C18H26N2O/c1-12(2)10-14-16(18(14,4)5)17(21)20-11-13(3)15-8-6-7-9-19-15/h6-10,13-14,16H,11H2,1-5H3,(H,20,21). The monoisotopic (exact) mass is 286 g/mol. The lowest BCUT2D eigenvalue weighted by Crippen LogP contribution is -2.30. The molecule has 0 spiro atoms. The van der Waals surface area contributed by atoms with E-state index in [1.54, 1.807) is 6.20 Å². The molecule has 3 nitrogen and oxygen atoms in total. The van der Waals surface area contributed by atoms with Crippen LogP contribution in [-0.4, -0.2) is 17.4 Å². The van der Waals surface area contributed by atoms with Crippen LogP contribution in [0.5, 0.6) is 0 Å². The van der Waals surface area contributed by atoms with Crippen LogP contribution < -0.4 is 5.32 Å². The lowest BCUT2D eigenvalue weighted by Gasteiger charge is -2.12. The van der Waals surface area contributed by atoms with Crippen molar-refractivity contribution in [3.63, 3.8) is 0 Å². The number of aromatic nitrogens is 1. The number of amides is 1. The van der Waals surface area contributed by atoms with Crippen LogP contribution in [-0.2, 0) is 4.79 Å². The Labute approximate surface area is 127 Å². The van der Waals surface area contributed by atoms with E-state index in [-0.39, 0.29) is 23.2 Å². The number of carbonyl (C=O) groups is 1. The second-order valence-corrected chi connectivity index (χ2v) is 6.97. The molecule has 1 amide bonds. The molecule has 0 radical (unpaired) electrons. The van der Waals surface area contributed by atoms with E-state index in [0.29, 0.717) is 12.5 Å². The zero-order valence-corrected chi connectivity index (χ0v) is 13.7. The first-order valence-electron chi connectivity index (χ1n) is 7.67. The Morgan fingerprint density at radius 1 is 1.43 bits per heavy atom. The van der Waals surface area contributed by atoms with Crippen LogP contribution in [0.4, 0.5) is 0 Å². The minimum absolute atomic E-state index is 0.0790. The van der Waals surface area contributed by atoms with Crippen LogP contribution in [0, 0.1) is 17.3 Å². The highest BCUT2D eigenvalue weighted by Crippen LogP contribution is 2.59. The van der Waals surface area contributed by atoms with E-state index in [4.69, 9.17) is 0 Å². The molecular weight excluding hydrogens is 260 g/mol. The lowest BCUT2D eigenvalue weighted by atomic mass is 10.1. The van der Waals surface area contributed by atoms with Crippen molar-refractivity contribution in [1.82, 2.24) is 10.3 Å².